The summed E-state index contributed by atoms with van der Waals surface area (Å²) in [5.74, 6) is 6.18. The fraction of sp³-hybridized carbons (Fsp3) is 0.333. The van der Waals surface area contributed by atoms with Gasteiger partial charge in [-0.1, -0.05) is 24.0 Å². The average molecular weight is 188 g/mol. The van der Waals surface area contributed by atoms with E-state index in [4.69, 9.17) is 5.73 Å². The van der Waals surface area contributed by atoms with Crippen LogP contribution < -0.4 is 11.1 Å². The second kappa shape index (κ2) is 6.06. The molecule has 0 saturated heterocycles. The number of rotatable bonds is 3. The fourth-order valence-electron chi connectivity index (χ4n) is 1.12. The molecule has 0 saturated carbocycles. The van der Waals surface area contributed by atoms with Gasteiger partial charge in [-0.3, -0.25) is 0 Å². The molecule has 0 aliphatic rings. The fourth-order valence-corrected chi connectivity index (χ4v) is 1.12. The molecule has 14 heavy (non-hydrogen) atoms. The van der Waals surface area contributed by atoms with Gasteiger partial charge in [-0.15, -0.1) is 0 Å². The van der Waals surface area contributed by atoms with Gasteiger partial charge >= 0.3 is 0 Å². The third-order valence-corrected chi connectivity index (χ3v) is 1.91. The number of benzene rings is 1. The van der Waals surface area contributed by atoms with E-state index in [9.17, 15) is 0 Å². The van der Waals surface area contributed by atoms with E-state index in [2.05, 4.69) is 17.2 Å². The summed E-state index contributed by atoms with van der Waals surface area (Å²) in [6.45, 7) is 1.01. The van der Waals surface area contributed by atoms with Gasteiger partial charge in [0.05, 0.1) is 0 Å². The van der Waals surface area contributed by atoms with Crippen LogP contribution in [-0.2, 0) is 0 Å². The Morgan fingerprint density at radius 1 is 1.36 bits per heavy atom. The molecule has 0 bridgehead atoms. The second-order valence-corrected chi connectivity index (χ2v) is 3.10. The third kappa shape index (κ3) is 3.51. The molecule has 0 fully saturated rings. The minimum absolute atomic E-state index is 0.758. The van der Waals surface area contributed by atoms with Crippen molar-refractivity contribution in [2.45, 2.75) is 12.8 Å². The second-order valence-electron chi connectivity index (χ2n) is 3.10. The number of nitrogen functional groups attached to an aromatic ring is 1. The first-order chi connectivity index (χ1) is 6.84. The largest absolute Gasteiger partial charge is 0.398 e. The molecule has 0 spiro atoms. The van der Waals surface area contributed by atoms with E-state index in [-0.39, 0.29) is 0 Å². The van der Waals surface area contributed by atoms with Crippen LogP contribution >= 0.6 is 0 Å². The van der Waals surface area contributed by atoms with Gasteiger partial charge in [0.15, 0.2) is 0 Å². The van der Waals surface area contributed by atoms with Gasteiger partial charge in [-0.05, 0) is 32.1 Å². The maximum atomic E-state index is 5.75. The predicted octanol–water partition coefficient (Wildman–Crippen LogP) is 1.62. The SMILES string of the molecule is CNCCCC#Cc1ccccc1N. The molecule has 2 heteroatoms. The first kappa shape index (κ1) is 10.6. The van der Waals surface area contributed by atoms with Crippen molar-refractivity contribution >= 4 is 5.69 Å². The Bertz CT molecular complexity index is 334. The third-order valence-electron chi connectivity index (χ3n) is 1.91. The van der Waals surface area contributed by atoms with Crippen LogP contribution in [0.3, 0.4) is 0 Å². The topological polar surface area (TPSA) is 38.0 Å². The normalized spacial score (nSPS) is 9.21. The number of hydrogen-bond acceptors (Lipinski definition) is 2. The quantitative estimate of drug-likeness (QED) is 0.430. The monoisotopic (exact) mass is 188 g/mol. The van der Waals surface area contributed by atoms with Crippen molar-refractivity contribution in [2.75, 3.05) is 19.3 Å². The summed E-state index contributed by atoms with van der Waals surface area (Å²) in [4.78, 5) is 0. The first-order valence-electron chi connectivity index (χ1n) is 4.82. The summed E-state index contributed by atoms with van der Waals surface area (Å²) in [6.07, 6.45) is 1.99. The van der Waals surface area contributed by atoms with Gasteiger partial charge in [-0.25, -0.2) is 0 Å². The van der Waals surface area contributed by atoms with Gasteiger partial charge in [0, 0.05) is 17.7 Å². The standard InChI is InChI=1S/C12H16N2/c1-14-10-6-2-3-7-11-8-4-5-9-12(11)13/h4-5,8-9,14H,2,6,10,13H2,1H3. The summed E-state index contributed by atoms with van der Waals surface area (Å²) < 4.78 is 0. The lowest BCUT2D eigenvalue weighted by molar-refractivity contribution is 0.742. The van der Waals surface area contributed by atoms with Crippen molar-refractivity contribution < 1.29 is 0 Å². The Kier molecular flexibility index (Phi) is 4.60. The lowest BCUT2D eigenvalue weighted by Crippen LogP contribution is -2.06. The number of nitrogens with two attached hydrogens (primary N) is 1. The summed E-state index contributed by atoms with van der Waals surface area (Å²) in [5, 5.41) is 3.09. The maximum Gasteiger partial charge on any atom is 0.0474 e. The number of hydrogen-bond donors (Lipinski definition) is 2. The zero-order chi connectivity index (χ0) is 10.2. The minimum atomic E-state index is 0.758. The lowest BCUT2D eigenvalue weighted by atomic mass is 10.2. The van der Waals surface area contributed by atoms with Gasteiger partial charge in [-0.2, -0.15) is 0 Å². The smallest absolute Gasteiger partial charge is 0.0474 e. The zero-order valence-electron chi connectivity index (χ0n) is 8.51. The molecule has 0 amide bonds. The summed E-state index contributed by atoms with van der Waals surface area (Å²) in [5.41, 5.74) is 7.43. The lowest BCUT2D eigenvalue weighted by Gasteiger charge is -1.95. The molecule has 1 rings (SSSR count). The molecule has 0 aromatic heterocycles. The van der Waals surface area contributed by atoms with Crippen LogP contribution in [0.4, 0.5) is 5.69 Å². The summed E-state index contributed by atoms with van der Waals surface area (Å²) >= 11 is 0. The Balaban J connectivity index is 2.47. The summed E-state index contributed by atoms with van der Waals surface area (Å²) in [7, 11) is 1.95. The average Bonchev–Trinajstić information content (AvgIpc) is 2.20. The summed E-state index contributed by atoms with van der Waals surface area (Å²) in [6, 6.07) is 7.69. The molecule has 1 aromatic carbocycles. The Labute approximate surface area is 85.5 Å². The predicted molar refractivity (Wildman–Crippen MR) is 60.9 cm³/mol. The zero-order valence-corrected chi connectivity index (χ0v) is 8.51. The van der Waals surface area contributed by atoms with E-state index in [0.717, 1.165) is 30.6 Å². The highest BCUT2D eigenvalue weighted by atomic mass is 14.8. The van der Waals surface area contributed by atoms with Crippen LogP contribution in [0, 0.1) is 11.8 Å². The minimum Gasteiger partial charge on any atom is -0.398 e. The molecule has 0 unspecified atom stereocenters. The van der Waals surface area contributed by atoms with Crippen molar-refractivity contribution in [3.05, 3.63) is 29.8 Å². The number of anilines is 1. The Morgan fingerprint density at radius 3 is 2.86 bits per heavy atom. The van der Waals surface area contributed by atoms with Gasteiger partial charge in [0.1, 0.15) is 0 Å². The van der Waals surface area contributed by atoms with Gasteiger partial charge in [0.25, 0.3) is 0 Å². The molecule has 2 nitrogen and oxygen atoms in total. The van der Waals surface area contributed by atoms with Crippen LogP contribution in [0.1, 0.15) is 18.4 Å². The van der Waals surface area contributed by atoms with Crippen LogP contribution in [0.25, 0.3) is 0 Å². The Hall–Kier alpha value is -1.46. The van der Waals surface area contributed by atoms with E-state index in [0.29, 0.717) is 0 Å². The van der Waals surface area contributed by atoms with Crippen LogP contribution in [-0.4, -0.2) is 13.6 Å². The van der Waals surface area contributed by atoms with E-state index >= 15 is 0 Å². The van der Waals surface area contributed by atoms with Crippen molar-refractivity contribution in [3.63, 3.8) is 0 Å². The number of para-hydroxylation sites is 1. The molecular formula is C12H16N2. The molecule has 0 atom stereocenters. The van der Waals surface area contributed by atoms with Crippen LogP contribution in [0.2, 0.25) is 0 Å². The van der Waals surface area contributed by atoms with Crippen LogP contribution in [0.5, 0.6) is 0 Å². The molecule has 3 N–H and O–H groups in total. The van der Waals surface area contributed by atoms with Gasteiger partial charge < -0.3 is 11.1 Å². The molecule has 0 radical (unpaired) electrons. The van der Waals surface area contributed by atoms with Crippen molar-refractivity contribution in [2.24, 2.45) is 0 Å². The molecule has 0 heterocycles. The first-order valence-corrected chi connectivity index (χ1v) is 4.82. The Morgan fingerprint density at radius 2 is 2.14 bits per heavy atom. The van der Waals surface area contributed by atoms with E-state index in [1.54, 1.807) is 0 Å². The number of unbranched alkanes of at least 4 members (excludes halogenated alkanes) is 1. The van der Waals surface area contributed by atoms with E-state index < -0.39 is 0 Å². The van der Waals surface area contributed by atoms with Crippen molar-refractivity contribution in [3.8, 4) is 11.8 Å². The van der Waals surface area contributed by atoms with E-state index in [1.165, 1.54) is 0 Å². The molecule has 1 aromatic rings. The van der Waals surface area contributed by atoms with Crippen molar-refractivity contribution in [1.29, 1.82) is 0 Å². The number of nitrogens with one attached hydrogen (secondary N) is 1. The molecule has 0 aliphatic carbocycles. The molecular weight excluding hydrogens is 172 g/mol. The highest BCUT2D eigenvalue weighted by Gasteiger charge is 1.90. The van der Waals surface area contributed by atoms with E-state index in [1.807, 2.05) is 31.3 Å². The molecule has 0 aliphatic heterocycles. The highest BCUT2D eigenvalue weighted by Crippen LogP contribution is 2.07. The van der Waals surface area contributed by atoms with Gasteiger partial charge in [0.2, 0.25) is 0 Å². The molecule has 74 valence electrons. The van der Waals surface area contributed by atoms with Crippen molar-refractivity contribution in [1.82, 2.24) is 5.32 Å². The highest BCUT2D eigenvalue weighted by molar-refractivity contribution is 5.55. The van der Waals surface area contributed by atoms with Crippen LogP contribution in [0.15, 0.2) is 24.3 Å². The maximum absolute atomic E-state index is 5.75.